The summed E-state index contributed by atoms with van der Waals surface area (Å²) in [4.78, 5) is 22.8. The Kier molecular flexibility index (Phi) is 2.09. The molecule has 0 aromatic heterocycles. The summed E-state index contributed by atoms with van der Waals surface area (Å²) in [5.74, 6) is -0.312. The van der Waals surface area contributed by atoms with Gasteiger partial charge in [-0.3, -0.25) is 4.79 Å². The highest BCUT2D eigenvalue weighted by Gasteiger charge is 2.34. The zero-order valence-corrected chi connectivity index (χ0v) is 6.24. The third-order valence-corrected chi connectivity index (χ3v) is 1.57. The topological polar surface area (TPSA) is 72.6 Å². The standard InChI is InChI=1S/C6H10N2O3/c1-4(2-7)8-5(9)3-11-6(8)10/h4H,2-3,7H2,1H3/t4-/m0/s1. The summed E-state index contributed by atoms with van der Waals surface area (Å²) in [6, 6.07) is -0.266. The number of nitrogens with two attached hydrogens (primary N) is 1. The monoisotopic (exact) mass is 158 g/mol. The van der Waals surface area contributed by atoms with Crippen LogP contribution in [0.5, 0.6) is 0 Å². The van der Waals surface area contributed by atoms with Crippen LogP contribution < -0.4 is 5.73 Å². The number of rotatable bonds is 2. The minimum absolute atomic E-state index is 0.150. The first-order chi connectivity index (χ1) is 5.16. The molecule has 5 nitrogen and oxygen atoms in total. The van der Waals surface area contributed by atoms with E-state index in [2.05, 4.69) is 4.74 Å². The maximum atomic E-state index is 10.9. The average Bonchev–Trinajstić information content (AvgIpc) is 2.30. The first-order valence-electron chi connectivity index (χ1n) is 3.35. The lowest BCUT2D eigenvalue weighted by atomic mass is 10.3. The zero-order valence-electron chi connectivity index (χ0n) is 6.24. The quantitative estimate of drug-likeness (QED) is 0.577. The number of hydrogen-bond acceptors (Lipinski definition) is 4. The molecular weight excluding hydrogens is 148 g/mol. The van der Waals surface area contributed by atoms with E-state index in [0.717, 1.165) is 4.90 Å². The SMILES string of the molecule is C[C@@H](CN)N1C(=O)COC1=O. The van der Waals surface area contributed by atoms with Crippen molar-refractivity contribution >= 4 is 12.0 Å². The van der Waals surface area contributed by atoms with Crippen LogP contribution in [0.4, 0.5) is 4.79 Å². The van der Waals surface area contributed by atoms with Crippen LogP contribution in [-0.2, 0) is 9.53 Å². The number of amides is 2. The Hall–Kier alpha value is -1.10. The van der Waals surface area contributed by atoms with Gasteiger partial charge in [0.05, 0.1) is 6.04 Å². The lowest BCUT2D eigenvalue weighted by Crippen LogP contribution is -2.41. The third-order valence-electron chi connectivity index (χ3n) is 1.57. The smallest absolute Gasteiger partial charge is 0.417 e. The Morgan fingerprint density at radius 3 is 2.73 bits per heavy atom. The number of carbonyl (C=O) groups is 2. The van der Waals surface area contributed by atoms with Gasteiger partial charge in [-0.25, -0.2) is 9.69 Å². The molecule has 11 heavy (non-hydrogen) atoms. The van der Waals surface area contributed by atoms with Crippen molar-refractivity contribution in [3.05, 3.63) is 0 Å². The fourth-order valence-corrected chi connectivity index (χ4v) is 0.896. The van der Waals surface area contributed by atoms with E-state index >= 15 is 0 Å². The molecule has 2 N–H and O–H groups in total. The van der Waals surface area contributed by atoms with Crippen LogP contribution in [0.3, 0.4) is 0 Å². The van der Waals surface area contributed by atoms with E-state index in [1.165, 1.54) is 0 Å². The van der Waals surface area contributed by atoms with E-state index in [0.29, 0.717) is 0 Å². The molecule has 1 fully saturated rings. The summed E-state index contributed by atoms with van der Waals surface area (Å²) in [6.45, 7) is 1.81. The van der Waals surface area contributed by atoms with Crippen molar-refractivity contribution in [2.45, 2.75) is 13.0 Å². The molecular formula is C6H10N2O3. The average molecular weight is 158 g/mol. The lowest BCUT2D eigenvalue weighted by molar-refractivity contribution is -0.127. The van der Waals surface area contributed by atoms with Crippen molar-refractivity contribution in [3.63, 3.8) is 0 Å². The number of nitrogens with zero attached hydrogens (tertiary/aromatic N) is 1. The molecule has 0 bridgehead atoms. The fraction of sp³-hybridized carbons (Fsp3) is 0.667. The normalized spacial score (nSPS) is 20.4. The van der Waals surface area contributed by atoms with E-state index < -0.39 is 6.09 Å². The maximum absolute atomic E-state index is 10.9. The molecule has 2 amide bonds. The summed E-state index contributed by atoms with van der Waals surface area (Å²) < 4.78 is 4.48. The maximum Gasteiger partial charge on any atom is 0.417 e. The van der Waals surface area contributed by atoms with Gasteiger partial charge in [0, 0.05) is 6.54 Å². The van der Waals surface area contributed by atoms with Gasteiger partial charge < -0.3 is 10.5 Å². The van der Waals surface area contributed by atoms with Gasteiger partial charge in [-0.2, -0.15) is 0 Å². The Morgan fingerprint density at radius 2 is 2.36 bits per heavy atom. The van der Waals surface area contributed by atoms with Crippen LogP contribution in [-0.4, -0.2) is 36.1 Å². The zero-order chi connectivity index (χ0) is 8.43. The van der Waals surface area contributed by atoms with E-state index in [1.807, 2.05) is 0 Å². The van der Waals surface area contributed by atoms with Gasteiger partial charge in [0.25, 0.3) is 5.91 Å². The molecule has 1 aliphatic rings. The molecule has 5 heteroatoms. The molecule has 0 unspecified atom stereocenters. The van der Waals surface area contributed by atoms with Crippen molar-refractivity contribution in [1.82, 2.24) is 4.90 Å². The van der Waals surface area contributed by atoms with Gasteiger partial charge in [-0.05, 0) is 6.92 Å². The van der Waals surface area contributed by atoms with Crippen molar-refractivity contribution in [1.29, 1.82) is 0 Å². The van der Waals surface area contributed by atoms with E-state index in [4.69, 9.17) is 5.73 Å². The van der Waals surface area contributed by atoms with Crippen LogP contribution in [0.1, 0.15) is 6.92 Å². The Bertz CT molecular complexity index is 176. The number of ether oxygens (including phenoxy) is 1. The summed E-state index contributed by atoms with van der Waals surface area (Å²) >= 11 is 0. The summed E-state index contributed by atoms with van der Waals surface area (Å²) in [6.07, 6.45) is -0.590. The molecule has 0 aliphatic carbocycles. The van der Waals surface area contributed by atoms with Gasteiger partial charge in [0.1, 0.15) is 0 Å². The van der Waals surface area contributed by atoms with Gasteiger partial charge in [-0.1, -0.05) is 0 Å². The van der Waals surface area contributed by atoms with Gasteiger partial charge in [-0.15, -0.1) is 0 Å². The van der Waals surface area contributed by atoms with E-state index in [9.17, 15) is 9.59 Å². The van der Waals surface area contributed by atoms with Gasteiger partial charge >= 0.3 is 6.09 Å². The second-order valence-electron chi connectivity index (χ2n) is 2.40. The number of hydrogen-bond donors (Lipinski definition) is 1. The highest BCUT2D eigenvalue weighted by molar-refractivity contribution is 5.98. The first-order valence-corrected chi connectivity index (χ1v) is 3.35. The largest absolute Gasteiger partial charge is 0.439 e. The molecule has 1 heterocycles. The fourth-order valence-electron chi connectivity index (χ4n) is 0.896. The van der Waals surface area contributed by atoms with Crippen molar-refractivity contribution in [2.24, 2.45) is 5.73 Å². The molecule has 0 spiro atoms. The second-order valence-corrected chi connectivity index (χ2v) is 2.40. The van der Waals surface area contributed by atoms with Crippen LogP contribution >= 0.6 is 0 Å². The second kappa shape index (κ2) is 2.87. The number of carbonyl (C=O) groups excluding carboxylic acids is 2. The first kappa shape index (κ1) is 8.00. The van der Waals surface area contributed by atoms with Crippen LogP contribution in [0.2, 0.25) is 0 Å². The minimum atomic E-state index is -0.590. The van der Waals surface area contributed by atoms with E-state index in [-0.39, 0.29) is 25.1 Å². The lowest BCUT2D eigenvalue weighted by Gasteiger charge is -2.17. The predicted molar refractivity (Wildman–Crippen MR) is 36.7 cm³/mol. The summed E-state index contributed by atoms with van der Waals surface area (Å²) in [7, 11) is 0. The Balaban J connectivity index is 2.68. The highest BCUT2D eigenvalue weighted by Crippen LogP contribution is 2.08. The molecule has 0 radical (unpaired) electrons. The van der Waals surface area contributed by atoms with Crippen molar-refractivity contribution in [2.75, 3.05) is 13.2 Å². The van der Waals surface area contributed by atoms with Crippen molar-refractivity contribution in [3.8, 4) is 0 Å². The molecule has 0 aromatic rings. The van der Waals surface area contributed by atoms with Crippen LogP contribution in [0.25, 0.3) is 0 Å². The van der Waals surface area contributed by atoms with E-state index in [1.54, 1.807) is 6.92 Å². The number of imide groups is 1. The Labute approximate surface area is 64.1 Å². The van der Waals surface area contributed by atoms with Crippen molar-refractivity contribution < 1.29 is 14.3 Å². The molecule has 1 rings (SSSR count). The third kappa shape index (κ3) is 1.32. The molecule has 1 aliphatic heterocycles. The van der Waals surface area contributed by atoms with Gasteiger partial charge in [0.15, 0.2) is 6.61 Å². The van der Waals surface area contributed by atoms with Crippen LogP contribution in [0.15, 0.2) is 0 Å². The molecule has 0 aromatic carbocycles. The molecule has 1 atom stereocenters. The molecule has 1 saturated heterocycles. The summed E-state index contributed by atoms with van der Waals surface area (Å²) in [5.41, 5.74) is 5.27. The summed E-state index contributed by atoms with van der Waals surface area (Å²) in [5, 5.41) is 0. The molecule has 0 saturated carbocycles. The highest BCUT2D eigenvalue weighted by atomic mass is 16.6. The van der Waals surface area contributed by atoms with Gasteiger partial charge in [0.2, 0.25) is 0 Å². The minimum Gasteiger partial charge on any atom is -0.439 e. The number of cyclic esters (lactones) is 1. The van der Waals surface area contributed by atoms with Crippen LogP contribution in [0, 0.1) is 0 Å². The predicted octanol–water partition coefficient (Wildman–Crippen LogP) is -0.688. The Morgan fingerprint density at radius 1 is 1.73 bits per heavy atom. The molecule has 62 valence electrons.